The Bertz CT molecular complexity index is 656. The summed E-state index contributed by atoms with van der Waals surface area (Å²) < 4.78 is 0. The minimum atomic E-state index is -1.18. The third-order valence-electron chi connectivity index (χ3n) is 6.21. The molecule has 0 aromatic carbocycles. The van der Waals surface area contributed by atoms with Crippen molar-refractivity contribution in [3.63, 3.8) is 0 Å². The Morgan fingerprint density at radius 2 is 1.58 bits per heavy atom. The lowest BCUT2D eigenvalue weighted by molar-refractivity contribution is -0.146. The SMILES string of the molecule is CCC(C)C(NC(=O)C1CCCN1C(=O)C(NC(=O)C(N)C(C)O)C(C)CC)C(=O)O. The fourth-order valence-corrected chi connectivity index (χ4v) is 3.57. The number of hydrogen-bond donors (Lipinski definition) is 5. The Kier molecular flexibility index (Phi) is 10.4. The van der Waals surface area contributed by atoms with Crippen LogP contribution >= 0.6 is 0 Å². The number of nitrogens with zero attached hydrogens (tertiary/aromatic N) is 1. The van der Waals surface area contributed by atoms with E-state index >= 15 is 0 Å². The molecule has 0 aromatic heterocycles. The van der Waals surface area contributed by atoms with E-state index < -0.39 is 54.0 Å². The van der Waals surface area contributed by atoms with E-state index in [1.165, 1.54) is 11.8 Å². The van der Waals surface area contributed by atoms with Crippen LogP contribution in [0.15, 0.2) is 0 Å². The molecule has 0 spiro atoms. The van der Waals surface area contributed by atoms with Gasteiger partial charge in [0.2, 0.25) is 17.7 Å². The summed E-state index contributed by atoms with van der Waals surface area (Å²) in [7, 11) is 0. The first-order valence-corrected chi connectivity index (χ1v) is 11.0. The number of carbonyl (C=O) groups excluding carboxylic acids is 3. The molecule has 31 heavy (non-hydrogen) atoms. The highest BCUT2D eigenvalue weighted by molar-refractivity contribution is 5.94. The molecule has 0 aromatic rings. The fraction of sp³-hybridized carbons (Fsp3) is 0.810. The van der Waals surface area contributed by atoms with Gasteiger partial charge in [-0.2, -0.15) is 0 Å². The van der Waals surface area contributed by atoms with Crippen LogP contribution in [0, 0.1) is 11.8 Å². The van der Waals surface area contributed by atoms with E-state index in [4.69, 9.17) is 5.73 Å². The summed E-state index contributed by atoms with van der Waals surface area (Å²) >= 11 is 0. The van der Waals surface area contributed by atoms with Crippen molar-refractivity contribution >= 4 is 23.7 Å². The first-order valence-electron chi connectivity index (χ1n) is 11.0. The van der Waals surface area contributed by atoms with E-state index in [2.05, 4.69) is 10.6 Å². The lowest BCUT2D eigenvalue weighted by Crippen LogP contribution is -2.59. The quantitative estimate of drug-likeness (QED) is 0.297. The molecule has 0 saturated carbocycles. The van der Waals surface area contributed by atoms with Gasteiger partial charge >= 0.3 is 5.97 Å². The van der Waals surface area contributed by atoms with Crippen molar-refractivity contribution in [3.8, 4) is 0 Å². The molecule has 7 unspecified atom stereocenters. The molecule has 0 bridgehead atoms. The van der Waals surface area contributed by atoms with Gasteiger partial charge in [-0.25, -0.2) is 4.79 Å². The van der Waals surface area contributed by atoms with Gasteiger partial charge < -0.3 is 31.5 Å². The number of aliphatic hydroxyl groups is 1. The minimum Gasteiger partial charge on any atom is -0.480 e. The molecule has 10 heteroatoms. The summed E-state index contributed by atoms with van der Waals surface area (Å²) in [4.78, 5) is 51.5. The summed E-state index contributed by atoms with van der Waals surface area (Å²) in [5, 5.41) is 24.2. The molecule has 0 aliphatic carbocycles. The summed E-state index contributed by atoms with van der Waals surface area (Å²) in [6.45, 7) is 9.01. The number of nitrogens with two attached hydrogens (primary N) is 1. The number of carbonyl (C=O) groups is 4. The highest BCUT2D eigenvalue weighted by atomic mass is 16.4. The lowest BCUT2D eigenvalue weighted by Gasteiger charge is -2.32. The molecule has 10 nitrogen and oxygen atoms in total. The number of hydrogen-bond acceptors (Lipinski definition) is 6. The highest BCUT2D eigenvalue weighted by Crippen LogP contribution is 2.22. The van der Waals surface area contributed by atoms with Crippen LogP contribution in [-0.4, -0.2) is 75.6 Å². The van der Waals surface area contributed by atoms with Crippen molar-refractivity contribution in [1.29, 1.82) is 0 Å². The number of carboxylic acid groups (broad SMARTS) is 1. The zero-order valence-corrected chi connectivity index (χ0v) is 19.1. The predicted octanol–water partition coefficient (Wildman–Crippen LogP) is -0.168. The topological polar surface area (TPSA) is 162 Å². The second-order valence-corrected chi connectivity index (χ2v) is 8.54. The van der Waals surface area contributed by atoms with Gasteiger partial charge in [0.25, 0.3) is 0 Å². The van der Waals surface area contributed by atoms with E-state index in [-0.39, 0.29) is 11.8 Å². The van der Waals surface area contributed by atoms with Crippen LogP contribution in [0.2, 0.25) is 0 Å². The van der Waals surface area contributed by atoms with Crippen LogP contribution in [0.5, 0.6) is 0 Å². The van der Waals surface area contributed by atoms with Crippen LogP contribution in [0.4, 0.5) is 0 Å². The van der Waals surface area contributed by atoms with E-state index in [0.29, 0.717) is 32.2 Å². The third kappa shape index (κ3) is 6.90. The number of nitrogens with one attached hydrogen (secondary N) is 2. The Labute approximate surface area is 183 Å². The van der Waals surface area contributed by atoms with Gasteiger partial charge in [0.05, 0.1) is 6.10 Å². The van der Waals surface area contributed by atoms with E-state index in [0.717, 1.165) is 0 Å². The van der Waals surface area contributed by atoms with Gasteiger partial charge in [-0.3, -0.25) is 14.4 Å². The highest BCUT2D eigenvalue weighted by Gasteiger charge is 2.41. The Morgan fingerprint density at radius 1 is 1.03 bits per heavy atom. The molecule has 6 N–H and O–H groups in total. The van der Waals surface area contributed by atoms with Gasteiger partial charge in [-0.1, -0.05) is 40.5 Å². The number of likely N-dealkylation sites (tertiary alicyclic amines) is 1. The van der Waals surface area contributed by atoms with Gasteiger partial charge in [-0.05, 0) is 31.6 Å². The molecule has 1 fully saturated rings. The molecule has 178 valence electrons. The van der Waals surface area contributed by atoms with Crippen molar-refractivity contribution in [3.05, 3.63) is 0 Å². The molecule has 1 saturated heterocycles. The number of aliphatic carboxylic acids is 1. The van der Waals surface area contributed by atoms with Crippen LogP contribution in [-0.2, 0) is 19.2 Å². The molecule has 1 rings (SSSR count). The zero-order chi connectivity index (χ0) is 23.9. The third-order valence-corrected chi connectivity index (χ3v) is 6.21. The smallest absolute Gasteiger partial charge is 0.326 e. The summed E-state index contributed by atoms with van der Waals surface area (Å²) in [5.74, 6) is -3.16. The second kappa shape index (κ2) is 12.0. The van der Waals surface area contributed by atoms with Crippen molar-refractivity contribution in [1.82, 2.24) is 15.5 Å². The van der Waals surface area contributed by atoms with E-state index in [1.54, 1.807) is 6.92 Å². The largest absolute Gasteiger partial charge is 0.480 e. The minimum absolute atomic E-state index is 0.228. The summed E-state index contributed by atoms with van der Waals surface area (Å²) in [6, 6.07) is -3.92. The Hall–Kier alpha value is -2.20. The molecule has 3 amide bonds. The molecular weight excluding hydrogens is 404 g/mol. The van der Waals surface area contributed by atoms with Crippen LogP contribution in [0.3, 0.4) is 0 Å². The first kappa shape index (κ1) is 26.8. The fourth-order valence-electron chi connectivity index (χ4n) is 3.57. The maximum Gasteiger partial charge on any atom is 0.326 e. The monoisotopic (exact) mass is 442 g/mol. The first-order chi connectivity index (χ1) is 14.5. The molecule has 1 heterocycles. The maximum atomic E-state index is 13.3. The van der Waals surface area contributed by atoms with E-state index in [9.17, 15) is 29.4 Å². The number of carboxylic acids is 1. The molecule has 1 aliphatic heterocycles. The normalized spacial score (nSPS) is 22.0. The molecule has 7 atom stereocenters. The van der Waals surface area contributed by atoms with Crippen LogP contribution in [0.25, 0.3) is 0 Å². The summed E-state index contributed by atoms with van der Waals surface area (Å²) in [6.07, 6.45) is 1.11. The van der Waals surface area contributed by atoms with Gasteiger partial charge in [0, 0.05) is 6.54 Å². The molecule has 1 aliphatic rings. The zero-order valence-electron chi connectivity index (χ0n) is 19.1. The average molecular weight is 443 g/mol. The predicted molar refractivity (Wildman–Crippen MR) is 115 cm³/mol. The standard InChI is InChI=1S/C21H38N4O6/c1-6-11(3)16(23-19(28)15(22)13(5)26)20(29)25-10-8-9-14(25)18(27)24-17(21(30)31)12(4)7-2/h11-17,26H,6-10,22H2,1-5H3,(H,23,28)(H,24,27)(H,30,31). The van der Waals surface area contributed by atoms with Gasteiger partial charge in [0.15, 0.2) is 0 Å². The molecule has 0 radical (unpaired) electrons. The van der Waals surface area contributed by atoms with Gasteiger partial charge in [0.1, 0.15) is 24.2 Å². The summed E-state index contributed by atoms with van der Waals surface area (Å²) in [5.41, 5.74) is 5.70. The van der Waals surface area contributed by atoms with Crippen molar-refractivity contribution < 1.29 is 29.4 Å². The number of rotatable bonds is 11. The maximum absolute atomic E-state index is 13.3. The number of amides is 3. The second-order valence-electron chi connectivity index (χ2n) is 8.54. The van der Waals surface area contributed by atoms with E-state index in [1.807, 2.05) is 20.8 Å². The average Bonchev–Trinajstić information content (AvgIpc) is 3.22. The van der Waals surface area contributed by atoms with Crippen molar-refractivity contribution in [2.24, 2.45) is 17.6 Å². The van der Waals surface area contributed by atoms with Crippen molar-refractivity contribution in [2.75, 3.05) is 6.54 Å². The van der Waals surface area contributed by atoms with Crippen molar-refractivity contribution in [2.45, 2.75) is 90.6 Å². The Morgan fingerprint density at radius 3 is 2.06 bits per heavy atom. The van der Waals surface area contributed by atoms with Crippen LogP contribution in [0.1, 0.15) is 60.3 Å². The Balaban J connectivity index is 3.02. The molecular formula is C21H38N4O6. The lowest BCUT2D eigenvalue weighted by atomic mass is 9.96. The van der Waals surface area contributed by atoms with Crippen LogP contribution < -0.4 is 16.4 Å². The number of aliphatic hydroxyl groups excluding tert-OH is 1. The van der Waals surface area contributed by atoms with Gasteiger partial charge in [-0.15, -0.1) is 0 Å².